The number of ether oxygens (including phenoxy) is 2. The molecule has 2 heterocycles. The second-order valence-corrected chi connectivity index (χ2v) is 4.80. The molecule has 0 spiro atoms. The first kappa shape index (κ1) is 13.5. The van der Waals surface area contributed by atoms with Crippen LogP contribution < -0.4 is 14.8 Å². The van der Waals surface area contributed by atoms with Crippen molar-refractivity contribution in [3.8, 4) is 11.5 Å². The lowest BCUT2D eigenvalue weighted by atomic mass is 10.2. The van der Waals surface area contributed by atoms with Gasteiger partial charge in [0.15, 0.2) is 11.5 Å². The fraction of sp³-hybridized carbons (Fsp3) is 0.143. The fourth-order valence-corrected chi connectivity index (χ4v) is 2.13. The summed E-state index contributed by atoms with van der Waals surface area (Å²) in [6.45, 7) is 0.706. The third-order valence-electron chi connectivity index (χ3n) is 3.00. The molecule has 0 unspecified atom stereocenters. The molecule has 1 aliphatic rings. The molecule has 2 N–H and O–H groups in total. The third kappa shape index (κ3) is 2.85. The largest absolute Gasteiger partial charge is 0.478 e. The van der Waals surface area contributed by atoms with Crippen molar-refractivity contribution in [2.24, 2.45) is 0 Å². The lowest BCUT2D eigenvalue weighted by Crippen LogP contribution is -2.04. The number of nitrogens with one attached hydrogen (secondary N) is 1. The van der Waals surface area contributed by atoms with Crippen LogP contribution in [0, 0.1) is 0 Å². The van der Waals surface area contributed by atoms with E-state index in [1.165, 1.54) is 12.3 Å². The van der Waals surface area contributed by atoms with E-state index < -0.39 is 5.97 Å². The Morgan fingerprint density at radius 1 is 1.33 bits per heavy atom. The van der Waals surface area contributed by atoms with E-state index in [9.17, 15) is 4.79 Å². The number of carboxylic acid groups (broad SMARTS) is 1. The number of hydrogen-bond acceptors (Lipinski definition) is 5. The van der Waals surface area contributed by atoms with E-state index in [2.05, 4.69) is 10.3 Å². The number of nitrogens with zero attached hydrogens (tertiary/aromatic N) is 1. The number of pyridine rings is 1. The highest BCUT2D eigenvalue weighted by molar-refractivity contribution is 6.33. The van der Waals surface area contributed by atoms with E-state index in [1.54, 1.807) is 0 Å². The molecule has 0 aliphatic carbocycles. The van der Waals surface area contributed by atoms with Crippen molar-refractivity contribution in [2.75, 3.05) is 12.1 Å². The number of carbonyl (C=O) groups is 1. The number of aromatic nitrogens is 1. The molecule has 0 amide bonds. The Kier molecular flexibility index (Phi) is 3.53. The second kappa shape index (κ2) is 5.49. The normalized spacial score (nSPS) is 12.2. The number of hydrogen-bond donors (Lipinski definition) is 2. The van der Waals surface area contributed by atoms with Crippen LogP contribution in [0.5, 0.6) is 11.5 Å². The van der Waals surface area contributed by atoms with Crippen molar-refractivity contribution in [1.82, 2.24) is 4.98 Å². The zero-order valence-corrected chi connectivity index (χ0v) is 11.6. The van der Waals surface area contributed by atoms with Gasteiger partial charge in [-0.25, -0.2) is 9.78 Å². The quantitative estimate of drug-likeness (QED) is 0.904. The van der Waals surface area contributed by atoms with Crippen LogP contribution in [0.3, 0.4) is 0 Å². The summed E-state index contributed by atoms with van der Waals surface area (Å²) in [6, 6.07) is 6.99. The number of aromatic carboxylic acids is 1. The van der Waals surface area contributed by atoms with Gasteiger partial charge in [-0.05, 0) is 23.8 Å². The summed E-state index contributed by atoms with van der Waals surface area (Å²) >= 11 is 5.77. The van der Waals surface area contributed by atoms with Crippen LogP contribution in [0.4, 0.5) is 5.82 Å². The van der Waals surface area contributed by atoms with E-state index in [0.29, 0.717) is 18.1 Å². The van der Waals surface area contributed by atoms with Gasteiger partial charge in [-0.2, -0.15) is 0 Å². The summed E-state index contributed by atoms with van der Waals surface area (Å²) < 4.78 is 10.5. The molecule has 0 fully saturated rings. The lowest BCUT2D eigenvalue weighted by Gasteiger charge is -2.08. The maximum absolute atomic E-state index is 11.0. The van der Waals surface area contributed by atoms with Gasteiger partial charge in [0.25, 0.3) is 0 Å². The number of fused-ring (bicyclic) bond motifs is 1. The molecule has 1 aliphatic heterocycles. The first-order valence-electron chi connectivity index (χ1n) is 6.15. The Labute approximate surface area is 125 Å². The second-order valence-electron chi connectivity index (χ2n) is 4.40. The van der Waals surface area contributed by atoms with Gasteiger partial charge in [0.05, 0.1) is 10.6 Å². The molecule has 0 saturated carbocycles. The van der Waals surface area contributed by atoms with Crippen molar-refractivity contribution >= 4 is 23.4 Å². The average Bonchev–Trinajstić information content (AvgIpc) is 2.93. The molecule has 21 heavy (non-hydrogen) atoms. The lowest BCUT2D eigenvalue weighted by molar-refractivity contribution is 0.0697. The summed E-state index contributed by atoms with van der Waals surface area (Å²) in [6.07, 6.45) is 1.31. The SMILES string of the molecule is O=C(O)c1cc(NCc2ccc3c(c2)OCO3)ncc1Cl. The van der Waals surface area contributed by atoms with Gasteiger partial charge in [-0.1, -0.05) is 17.7 Å². The van der Waals surface area contributed by atoms with Crippen LogP contribution in [-0.2, 0) is 6.54 Å². The molecule has 108 valence electrons. The first-order valence-corrected chi connectivity index (χ1v) is 6.52. The Balaban J connectivity index is 1.73. The molecule has 6 nitrogen and oxygen atoms in total. The van der Waals surface area contributed by atoms with E-state index in [4.69, 9.17) is 26.2 Å². The van der Waals surface area contributed by atoms with E-state index in [-0.39, 0.29) is 17.4 Å². The Morgan fingerprint density at radius 2 is 2.14 bits per heavy atom. The van der Waals surface area contributed by atoms with Gasteiger partial charge in [0.2, 0.25) is 6.79 Å². The molecule has 1 aromatic heterocycles. The summed E-state index contributed by atoms with van der Waals surface area (Å²) in [5.74, 6) is 0.768. The summed E-state index contributed by atoms with van der Waals surface area (Å²) in [4.78, 5) is 15.1. The predicted octanol–water partition coefficient (Wildman–Crippen LogP) is 2.77. The highest BCUT2D eigenvalue weighted by atomic mass is 35.5. The van der Waals surface area contributed by atoms with Gasteiger partial charge >= 0.3 is 5.97 Å². The Morgan fingerprint density at radius 3 is 2.95 bits per heavy atom. The molecular formula is C14H11ClN2O4. The van der Waals surface area contributed by atoms with Crippen molar-refractivity contribution in [2.45, 2.75) is 6.54 Å². The maximum atomic E-state index is 11.0. The summed E-state index contributed by atoms with van der Waals surface area (Å²) in [7, 11) is 0. The molecule has 1 aromatic carbocycles. The van der Waals surface area contributed by atoms with Crippen LogP contribution in [-0.4, -0.2) is 22.9 Å². The number of halogens is 1. The predicted molar refractivity (Wildman–Crippen MR) is 76.1 cm³/mol. The van der Waals surface area contributed by atoms with Crippen molar-refractivity contribution in [3.63, 3.8) is 0 Å². The zero-order chi connectivity index (χ0) is 14.8. The molecule has 0 atom stereocenters. The number of benzene rings is 1. The first-order chi connectivity index (χ1) is 10.1. The van der Waals surface area contributed by atoms with E-state index in [0.717, 1.165) is 11.3 Å². The Bertz CT molecular complexity index is 705. The standard InChI is InChI=1S/C14H11ClN2O4/c15-10-6-17-13(4-9(10)14(18)19)16-5-8-1-2-11-12(3-8)21-7-20-11/h1-4,6H,5,7H2,(H,16,17)(H,18,19). The van der Waals surface area contributed by atoms with Crippen molar-refractivity contribution in [1.29, 1.82) is 0 Å². The topological polar surface area (TPSA) is 80.7 Å². The molecule has 0 saturated heterocycles. The molecule has 3 rings (SSSR count). The summed E-state index contributed by atoms with van der Waals surface area (Å²) in [5.41, 5.74) is 0.979. The van der Waals surface area contributed by atoms with Crippen LogP contribution in [0.2, 0.25) is 5.02 Å². The van der Waals surface area contributed by atoms with Crippen LogP contribution >= 0.6 is 11.6 Å². The molecule has 7 heteroatoms. The van der Waals surface area contributed by atoms with Gasteiger partial charge < -0.3 is 19.9 Å². The smallest absolute Gasteiger partial charge is 0.337 e. The van der Waals surface area contributed by atoms with Crippen molar-refractivity contribution < 1.29 is 19.4 Å². The minimum Gasteiger partial charge on any atom is -0.478 e. The van der Waals surface area contributed by atoms with Crippen molar-refractivity contribution in [3.05, 3.63) is 46.6 Å². The highest BCUT2D eigenvalue weighted by Gasteiger charge is 2.13. The molecule has 0 bridgehead atoms. The maximum Gasteiger partial charge on any atom is 0.337 e. The van der Waals surface area contributed by atoms with E-state index in [1.807, 2.05) is 18.2 Å². The van der Waals surface area contributed by atoms with Gasteiger partial charge in [-0.3, -0.25) is 0 Å². The average molecular weight is 307 g/mol. The highest BCUT2D eigenvalue weighted by Crippen LogP contribution is 2.32. The number of rotatable bonds is 4. The molecular weight excluding hydrogens is 296 g/mol. The molecule has 2 aromatic rings. The summed E-state index contributed by atoms with van der Waals surface area (Å²) in [5, 5.41) is 12.2. The van der Waals surface area contributed by atoms with Crippen LogP contribution in [0.25, 0.3) is 0 Å². The Hall–Kier alpha value is -2.47. The van der Waals surface area contributed by atoms with Crippen LogP contribution in [0.15, 0.2) is 30.5 Å². The number of carboxylic acids is 1. The molecule has 0 radical (unpaired) electrons. The zero-order valence-electron chi connectivity index (χ0n) is 10.8. The minimum absolute atomic E-state index is 0.0138. The van der Waals surface area contributed by atoms with Crippen LogP contribution in [0.1, 0.15) is 15.9 Å². The van der Waals surface area contributed by atoms with Gasteiger partial charge in [0, 0.05) is 12.7 Å². The minimum atomic E-state index is -1.09. The van der Waals surface area contributed by atoms with E-state index >= 15 is 0 Å². The number of anilines is 1. The fourth-order valence-electron chi connectivity index (χ4n) is 1.94. The van der Waals surface area contributed by atoms with Gasteiger partial charge in [0.1, 0.15) is 5.82 Å². The third-order valence-corrected chi connectivity index (χ3v) is 3.30. The monoisotopic (exact) mass is 306 g/mol. The van der Waals surface area contributed by atoms with Gasteiger partial charge in [-0.15, -0.1) is 0 Å².